The van der Waals surface area contributed by atoms with Crippen LogP contribution in [0.25, 0.3) is 0 Å². The van der Waals surface area contributed by atoms with Crippen LogP contribution in [0.4, 0.5) is 0 Å². The predicted molar refractivity (Wildman–Crippen MR) is 166 cm³/mol. The summed E-state index contributed by atoms with van der Waals surface area (Å²) in [5.41, 5.74) is -3.17. The minimum atomic E-state index is -2.09. The first-order valence-electron chi connectivity index (χ1n) is 15.6. The molecular formula is C35H33NO13. The molecule has 7 rings (SSSR count). The fourth-order valence-corrected chi connectivity index (χ4v) is 7.06. The monoisotopic (exact) mass is 675 g/mol. The van der Waals surface area contributed by atoms with Crippen LogP contribution >= 0.6 is 0 Å². The maximum atomic E-state index is 13.9. The Morgan fingerprint density at radius 1 is 1.00 bits per heavy atom. The van der Waals surface area contributed by atoms with E-state index in [1.807, 2.05) is 0 Å². The highest BCUT2D eigenvalue weighted by atomic mass is 16.7. The Hall–Kier alpha value is -5.02. The van der Waals surface area contributed by atoms with Gasteiger partial charge in [-0.2, -0.15) is 0 Å². The molecule has 0 saturated carbocycles. The number of carbonyl (C=O) groups is 4. The number of phenolic OH excluding ortho intramolecular Hbond substituents is 2. The van der Waals surface area contributed by atoms with Crippen molar-refractivity contribution in [2.24, 2.45) is 0 Å². The van der Waals surface area contributed by atoms with Crippen LogP contribution in [0.1, 0.15) is 86.1 Å². The van der Waals surface area contributed by atoms with Gasteiger partial charge in [-0.25, -0.2) is 0 Å². The van der Waals surface area contributed by atoms with Crippen molar-refractivity contribution in [3.63, 3.8) is 0 Å². The molecule has 0 radical (unpaired) electrons. The summed E-state index contributed by atoms with van der Waals surface area (Å²) in [6, 6.07) is 8.15. The number of phenols is 2. The molecule has 4 aliphatic rings. The number of aromatic hydroxyl groups is 2. The van der Waals surface area contributed by atoms with Crippen molar-refractivity contribution >= 4 is 23.3 Å². The number of amides is 1. The molecule has 5 N–H and O–H groups in total. The Morgan fingerprint density at radius 2 is 1.73 bits per heavy atom. The smallest absolute Gasteiger partial charge is 0.251 e. The third-order valence-corrected chi connectivity index (χ3v) is 9.70. The van der Waals surface area contributed by atoms with E-state index in [0.717, 1.165) is 6.92 Å². The van der Waals surface area contributed by atoms with Gasteiger partial charge in [0.15, 0.2) is 29.4 Å². The second kappa shape index (κ2) is 11.8. The first-order valence-corrected chi connectivity index (χ1v) is 15.6. The number of aliphatic hydroxyl groups is 2. The predicted octanol–water partition coefficient (Wildman–Crippen LogP) is 2.23. The average Bonchev–Trinajstić information content (AvgIpc) is 3.55. The molecule has 0 bridgehead atoms. The number of hydrogen-bond acceptors (Lipinski definition) is 13. The second-order valence-corrected chi connectivity index (χ2v) is 12.6. The van der Waals surface area contributed by atoms with Crippen molar-refractivity contribution < 1.29 is 63.3 Å². The Labute approximate surface area is 279 Å². The molecule has 1 amide bonds. The van der Waals surface area contributed by atoms with Gasteiger partial charge in [0, 0.05) is 41.5 Å². The Kier molecular flexibility index (Phi) is 7.86. The molecule has 2 aliphatic heterocycles. The number of ketones is 3. The quantitative estimate of drug-likeness (QED) is 0.186. The zero-order valence-electron chi connectivity index (χ0n) is 26.6. The number of nitrogens with one attached hydrogen (secondary N) is 1. The van der Waals surface area contributed by atoms with Gasteiger partial charge in [0.25, 0.3) is 5.91 Å². The molecule has 256 valence electrons. The summed E-state index contributed by atoms with van der Waals surface area (Å²) >= 11 is 0. The Balaban J connectivity index is 1.24. The molecule has 14 nitrogen and oxygen atoms in total. The largest absolute Gasteiger partial charge is 0.507 e. The normalized spacial score (nSPS) is 26.8. The minimum absolute atomic E-state index is 0.0285. The van der Waals surface area contributed by atoms with Crippen LogP contribution in [-0.4, -0.2) is 87.7 Å². The van der Waals surface area contributed by atoms with Crippen LogP contribution in [0.3, 0.4) is 0 Å². The molecule has 2 heterocycles. The number of carbonyl (C=O) groups excluding carboxylic acids is 4. The Bertz CT molecular complexity index is 1940. The van der Waals surface area contributed by atoms with E-state index >= 15 is 0 Å². The van der Waals surface area contributed by atoms with Crippen molar-refractivity contribution in [3.05, 3.63) is 75.3 Å². The van der Waals surface area contributed by atoms with E-state index in [0.29, 0.717) is 11.5 Å². The lowest BCUT2D eigenvalue weighted by atomic mass is 9.72. The van der Waals surface area contributed by atoms with Crippen LogP contribution in [0.15, 0.2) is 36.4 Å². The van der Waals surface area contributed by atoms with Gasteiger partial charge < -0.3 is 49.4 Å². The maximum Gasteiger partial charge on any atom is 0.251 e. The van der Waals surface area contributed by atoms with E-state index < -0.39 is 95.0 Å². The fourth-order valence-electron chi connectivity index (χ4n) is 7.06. The summed E-state index contributed by atoms with van der Waals surface area (Å²) < 4.78 is 28.2. The minimum Gasteiger partial charge on any atom is -0.507 e. The van der Waals surface area contributed by atoms with Crippen LogP contribution in [0.5, 0.6) is 28.7 Å². The lowest BCUT2D eigenvalue weighted by molar-refractivity contribution is -0.248. The number of aliphatic hydroxyl groups excluding tert-OH is 1. The molecule has 1 fully saturated rings. The van der Waals surface area contributed by atoms with Crippen molar-refractivity contribution in [1.29, 1.82) is 0 Å². The van der Waals surface area contributed by atoms with Crippen LogP contribution in [0.2, 0.25) is 0 Å². The molecule has 0 spiro atoms. The first kappa shape index (κ1) is 32.5. The molecule has 14 heteroatoms. The number of benzene rings is 3. The molecule has 6 atom stereocenters. The van der Waals surface area contributed by atoms with Gasteiger partial charge in [-0.1, -0.05) is 12.1 Å². The zero-order valence-corrected chi connectivity index (χ0v) is 26.6. The molecule has 0 aromatic heterocycles. The van der Waals surface area contributed by atoms with Crippen LogP contribution < -0.4 is 19.5 Å². The van der Waals surface area contributed by atoms with Gasteiger partial charge in [0.2, 0.25) is 12.6 Å². The first-order chi connectivity index (χ1) is 23.3. The number of fused-ring (bicyclic) bond motifs is 4. The molecular weight excluding hydrogens is 642 g/mol. The summed E-state index contributed by atoms with van der Waals surface area (Å²) in [6.45, 7) is 2.75. The average molecular weight is 676 g/mol. The van der Waals surface area contributed by atoms with Crippen molar-refractivity contribution in [1.82, 2.24) is 5.32 Å². The van der Waals surface area contributed by atoms with Gasteiger partial charge in [-0.05, 0) is 38.1 Å². The molecule has 2 aliphatic carbocycles. The summed E-state index contributed by atoms with van der Waals surface area (Å²) in [7, 11) is 1.33. The third kappa shape index (κ3) is 5.19. The number of methoxy groups -OCH3 is 1. The highest BCUT2D eigenvalue weighted by Gasteiger charge is 2.49. The van der Waals surface area contributed by atoms with E-state index in [2.05, 4.69) is 5.32 Å². The van der Waals surface area contributed by atoms with Gasteiger partial charge >= 0.3 is 0 Å². The topological polar surface area (TPSA) is 207 Å². The number of Topliss-reactive ketones (excluding diaryl/α,β-unsaturated/α-hetero) is 1. The molecule has 0 unspecified atom stereocenters. The summed E-state index contributed by atoms with van der Waals surface area (Å²) in [5, 5.41) is 48.5. The standard InChI is InChI=1S/C35H33NO13/c1-14-29(38)19(36-34(43)16-7-8-20-22(9-16)47-13-46-20)10-24(48-14)49-23-12-35(44,15(2)37)11-18-26(23)33(42)28-27(31(18)40)30(39)17-5-4-6-21(45-3)25(17)32(28)41/h4-9,14,19,23-24,29,38,40,42,44H,10-13H2,1-3H3,(H,36,43)/t14-,19-,23-,24-,29+,35-/m0/s1. The SMILES string of the molecule is COc1cccc2c1C(=O)c1c(O)c3c(c(O)c1C2=O)C[C@@](O)(C(C)=O)C[C@@H]3O[C@H]1C[C@H](NC(=O)c2ccc3c(c2)OCO3)[C@H](O)[C@H](C)O1. The highest BCUT2D eigenvalue weighted by molar-refractivity contribution is 6.31. The van der Waals surface area contributed by atoms with Gasteiger partial charge in [-0.15, -0.1) is 0 Å². The van der Waals surface area contributed by atoms with Gasteiger partial charge in [-0.3, -0.25) is 19.2 Å². The number of ether oxygens (including phenoxy) is 5. The third-order valence-electron chi connectivity index (χ3n) is 9.70. The van der Waals surface area contributed by atoms with Crippen molar-refractivity contribution in [3.8, 4) is 28.7 Å². The number of rotatable bonds is 6. The van der Waals surface area contributed by atoms with Crippen LogP contribution in [-0.2, 0) is 20.7 Å². The summed E-state index contributed by atoms with van der Waals surface area (Å²) in [4.78, 5) is 53.5. The lowest BCUT2D eigenvalue weighted by Crippen LogP contribution is -2.55. The number of hydrogen-bond donors (Lipinski definition) is 5. The molecule has 3 aromatic rings. The van der Waals surface area contributed by atoms with E-state index in [1.165, 1.54) is 31.4 Å². The van der Waals surface area contributed by atoms with E-state index in [4.69, 9.17) is 23.7 Å². The van der Waals surface area contributed by atoms with Crippen molar-refractivity contribution in [2.45, 2.75) is 69.4 Å². The fraction of sp³-hybridized carbons (Fsp3) is 0.371. The summed E-state index contributed by atoms with van der Waals surface area (Å²) in [6.07, 6.45) is -5.55. The van der Waals surface area contributed by atoms with Gasteiger partial charge in [0.1, 0.15) is 29.0 Å². The zero-order chi connectivity index (χ0) is 34.9. The van der Waals surface area contributed by atoms with Crippen molar-refractivity contribution in [2.75, 3.05) is 13.9 Å². The Morgan fingerprint density at radius 3 is 2.47 bits per heavy atom. The van der Waals surface area contributed by atoms with E-state index in [-0.39, 0.29) is 46.8 Å². The molecule has 3 aromatic carbocycles. The summed E-state index contributed by atoms with van der Waals surface area (Å²) in [5.74, 6) is -3.07. The van der Waals surface area contributed by atoms with Crippen LogP contribution in [0, 0.1) is 0 Å². The second-order valence-electron chi connectivity index (χ2n) is 12.6. The van der Waals surface area contributed by atoms with E-state index in [1.54, 1.807) is 19.1 Å². The van der Waals surface area contributed by atoms with E-state index in [9.17, 15) is 39.6 Å². The highest BCUT2D eigenvalue weighted by Crippen LogP contribution is 2.52. The molecule has 1 saturated heterocycles. The van der Waals surface area contributed by atoms with Gasteiger partial charge in [0.05, 0.1) is 42.0 Å². The lowest BCUT2D eigenvalue weighted by Gasteiger charge is -2.42. The maximum absolute atomic E-state index is 13.9. The molecule has 49 heavy (non-hydrogen) atoms.